The molecule has 11 heteroatoms. The first-order valence-corrected chi connectivity index (χ1v) is 12.3. The van der Waals surface area contributed by atoms with E-state index < -0.39 is 12.0 Å². The molecule has 198 valence electrons. The number of halogens is 2. The van der Waals surface area contributed by atoms with Crippen molar-refractivity contribution in [3.05, 3.63) is 75.5 Å². The second-order valence-corrected chi connectivity index (χ2v) is 8.93. The first-order chi connectivity index (χ1) is 17.8. The Balaban J connectivity index is 1.46. The number of anilines is 1. The monoisotopic (exact) mass is 549 g/mol. The van der Waals surface area contributed by atoms with Crippen LogP contribution in [0, 0.1) is 0 Å². The molecule has 1 unspecified atom stereocenters. The van der Waals surface area contributed by atoms with Crippen molar-refractivity contribution in [3.63, 3.8) is 0 Å². The fraction of sp³-hybridized carbons (Fsp3) is 0.308. The zero-order valence-corrected chi connectivity index (χ0v) is 21.7. The van der Waals surface area contributed by atoms with Crippen LogP contribution in [0.1, 0.15) is 40.4 Å². The molecule has 0 radical (unpaired) electrons. The van der Waals surface area contributed by atoms with Crippen molar-refractivity contribution >= 4 is 34.8 Å². The van der Waals surface area contributed by atoms with Crippen LogP contribution >= 0.6 is 23.2 Å². The van der Waals surface area contributed by atoms with Gasteiger partial charge in [-0.2, -0.15) is 0 Å². The number of amides is 1. The second-order valence-electron chi connectivity index (χ2n) is 8.12. The molecule has 9 nitrogen and oxygen atoms in total. The molecule has 3 aromatic rings. The molecular weight excluding hydrogens is 521 g/mol. The summed E-state index contributed by atoms with van der Waals surface area (Å²) in [5, 5.41) is 35.5. The first-order valence-electron chi connectivity index (χ1n) is 11.6. The lowest BCUT2D eigenvalue weighted by molar-refractivity contribution is 0.102. The number of pyridine rings is 1. The van der Waals surface area contributed by atoms with E-state index in [-0.39, 0.29) is 28.1 Å². The van der Waals surface area contributed by atoms with Gasteiger partial charge in [0.1, 0.15) is 5.75 Å². The summed E-state index contributed by atoms with van der Waals surface area (Å²) >= 11 is 12.2. The van der Waals surface area contributed by atoms with Crippen LogP contribution in [0.15, 0.2) is 48.8 Å². The largest absolute Gasteiger partial charge is 0.508 e. The molecule has 0 saturated carbocycles. The first kappa shape index (κ1) is 28.5. The minimum Gasteiger partial charge on any atom is -0.508 e. The molecule has 1 heterocycles. The molecule has 0 fully saturated rings. The highest BCUT2D eigenvalue weighted by molar-refractivity contribution is 6.39. The second kappa shape index (κ2) is 14.0. The van der Waals surface area contributed by atoms with Gasteiger partial charge in [-0.3, -0.25) is 9.78 Å². The Morgan fingerprint density at radius 1 is 1.08 bits per heavy atom. The maximum Gasteiger partial charge on any atom is 0.255 e. The van der Waals surface area contributed by atoms with E-state index in [9.17, 15) is 20.1 Å². The number of benzene rings is 2. The van der Waals surface area contributed by atoms with Crippen molar-refractivity contribution in [3.8, 4) is 17.2 Å². The molecule has 0 aliphatic heterocycles. The number of aliphatic hydroxyl groups excluding tert-OH is 2. The molecule has 3 rings (SSSR count). The number of hydrogen-bond acceptors (Lipinski definition) is 8. The third-order valence-electron chi connectivity index (χ3n) is 5.52. The molecule has 2 aromatic carbocycles. The average molecular weight is 550 g/mol. The molecule has 0 aliphatic rings. The zero-order chi connectivity index (χ0) is 26.8. The van der Waals surface area contributed by atoms with Crippen LogP contribution < -0.4 is 20.1 Å². The van der Waals surface area contributed by atoms with E-state index in [0.717, 1.165) is 12.8 Å². The minimum atomic E-state index is -0.766. The van der Waals surface area contributed by atoms with Crippen LogP contribution in [0.3, 0.4) is 0 Å². The number of aliphatic hydroxyl groups is 2. The summed E-state index contributed by atoms with van der Waals surface area (Å²) < 4.78 is 11.2. The molecular formula is C26H29Cl2N3O6. The van der Waals surface area contributed by atoms with Crippen molar-refractivity contribution in [2.75, 3.05) is 32.1 Å². The third-order valence-corrected chi connectivity index (χ3v) is 6.09. The summed E-state index contributed by atoms with van der Waals surface area (Å²) in [6.07, 6.45) is 3.52. The summed E-state index contributed by atoms with van der Waals surface area (Å²) in [5.41, 5.74) is 1.60. The number of carbonyl (C=O) groups excluding carboxylic acids is 1. The summed E-state index contributed by atoms with van der Waals surface area (Å²) in [6.45, 7) is 1.07. The standard InChI is InChI=1S/C26H29Cl2N3O6/c1-36-23-7-5-17(26(35)31-25-19(27)12-30-13-20(25)28)11-24(23)37-9-3-2-8-29-14-22(34)16-4-6-21(33)18(10-16)15-32/h4-7,10-13,22,29,32-34H,2-3,8-9,14-15H2,1H3,(H,30,31,35). The number of methoxy groups -OCH3 is 1. The van der Waals surface area contributed by atoms with Crippen LogP contribution in [-0.4, -0.2) is 53.0 Å². The van der Waals surface area contributed by atoms with Gasteiger partial charge in [-0.25, -0.2) is 0 Å². The maximum atomic E-state index is 12.7. The quantitative estimate of drug-likeness (QED) is 0.199. The van der Waals surface area contributed by atoms with Crippen molar-refractivity contribution < 1.29 is 29.6 Å². The number of aromatic nitrogens is 1. The number of nitrogens with one attached hydrogen (secondary N) is 2. The zero-order valence-electron chi connectivity index (χ0n) is 20.2. The van der Waals surface area contributed by atoms with Gasteiger partial charge in [0, 0.05) is 30.1 Å². The molecule has 0 saturated heterocycles. The van der Waals surface area contributed by atoms with Crippen LogP contribution in [-0.2, 0) is 6.61 Å². The van der Waals surface area contributed by atoms with E-state index in [0.29, 0.717) is 47.9 Å². The van der Waals surface area contributed by atoms with Gasteiger partial charge in [0.25, 0.3) is 5.91 Å². The highest BCUT2D eigenvalue weighted by atomic mass is 35.5. The smallest absolute Gasteiger partial charge is 0.255 e. The average Bonchev–Trinajstić information content (AvgIpc) is 2.90. The van der Waals surface area contributed by atoms with Crippen molar-refractivity contribution in [2.24, 2.45) is 0 Å². The number of hydrogen-bond donors (Lipinski definition) is 5. The summed E-state index contributed by atoms with van der Waals surface area (Å²) in [5.74, 6) is 0.508. The SMILES string of the molecule is COc1ccc(C(=O)Nc2c(Cl)cncc2Cl)cc1OCCCCNCC(O)c1ccc(O)c(CO)c1. The molecule has 1 amide bonds. The maximum absolute atomic E-state index is 12.7. The van der Waals surface area contributed by atoms with Crippen molar-refractivity contribution in [2.45, 2.75) is 25.6 Å². The number of phenols is 1. The van der Waals surface area contributed by atoms with Gasteiger partial charge in [-0.15, -0.1) is 0 Å². The Morgan fingerprint density at radius 2 is 1.84 bits per heavy atom. The molecule has 0 spiro atoms. The Hall–Kier alpha value is -3.08. The van der Waals surface area contributed by atoms with Gasteiger partial charge >= 0.3 is 0 Å². The highest BCUT2D eigenvalue weighted by Gasteiger charge is 2.15. The van der Waals surface area contributed by atoms with E-state index in [4.69, 9.17) is 32.7 Å². The van der Waals surface area contributed by atoms with Crippen molar-refractivity contribution in [1.29, 1.82) is 0 Å². The van der Waals surface area contributed by atoms with E-state index in [2.05, 4.69) is 15.6 Å². The Labute approximate surface area is 225 Å². The van der Waals surface area contributed by atoms with Crippen LogP contribution in [0.4, 0.5) is 5.69 Å². The van der Waals surface area contributed by atoms with E-state index in [1.165, 1.54) is 25.6 Å². The van der Waals surface area contributed by atoms with Gasteiger partial charge < -0.3 is 35.4 Å². The van der Waals surface area contributed by atoms with Crippen LogP contribution in [0.25, 0.3) is 0 Å². The van der Waals surface area contributed by atoms with Gasteiger partial charge in [-0.05, 0) is 55.3 Å². The summed E-state index contributed by atoms with van der Waals surface area (Å²) in [6, 6.07) is 9.50. The fourth-order valence-electron chi connectivity index (χ4n) is 3.48. The van der Waals surface area contributed by atoms with Crippen molar-refractivity contribution in [1.82, 2.24) is 10.3 Å². The van der Waals surface area contributed by atoms with Gasteiger partial charge in [0.05, 0.1) is 42.2 Å². The number of aromatic hydroxyl groups is 1. The fourth-order valence-corrected chi connectivity index (χ4v) is 3.94. The lowest BCUT2D eigenvalue weighted by atomic mass is 10.1. The summed E-state index contributed by atoms with van der Waals surface area (Å²) in [4.78, 5) is 16.6. The normalized spacial score (nSPS) is 11.7. The molecule has 5 N–H and O–H groups in total. The number of nitrogens with zero attached hydrogens (tertiary/aromatic N) is 1. The van der Waals surface area contributed by atoms with E-state index in [1.807, 2.05) is 0 Å². The predicted octanol–water partition coefficient (Wildman–Crippen LogP) is 4.33. The van der Waals surface area contributed by atoms with Crippen LogP contribution in [0.2, 0.25) is 10.0 Å². The van der Waals surface area contributed by atoms with Gasteiger partial charge in [0.2, 0.25) is 0 Å². The highest BCUT2D eigenvalue weighted by Crippen LogP contribution is 2.31. The number of ether oxygens (including phenoxy) is 2. The topological polar surface area (TPSA) is 133 Å². The van der Waals surface area contributed by atoms with E-state index in [1.54, 1.807) is 30.3 Å². The minimum absolute atomic E-state index is 0.00301. The molecule has 0 bridgehead atoms. The Bertz CT molecular complexity index is 1190. The summed E-state index contributed by atoms with van der Waals surface area (Å²) in [7, 11) is 1.52. The Morgan fingerprint density at radius 3 is 2.54 bits per heavy atom. The number of unbranched alkanes of at least 4 members (excludes halogenated alkanes) is 1. The molecule has 1 aromatic heterocycles. The van der Waals surface area contributed by atoms with E-state index >= 15 is 0 Å². The lowest BCUT2D eigenvalue weighted by Gasteiger charge is -2.14. The molecule has 37 heavy (non-hydrogen) atoms. The van der Waals surface area contributed by atoms with Crippen LogP contribution in [0.5, 0.6) is 17.2 Å². The predicted molar refractivity (Wildman–Crippen MR) is 142 cm³/mol. The number of rotatable bonds is 13. The third kappa shape index (κ3) is 7.95. The lowest BCUT2D eigenvalue weighted by Crippen LogP contribution is -2.23. The molecule has 1 atom stereocenters. The number of carbonyl (C=O) groups is 1. The molecule has 0 aliphatic carbocycles. The van der Waals surface area contributed by atoms with Gasteiger partial charge in [-0.1, -0.05) is 29.3 Å². The van der Waals surface area contributed by atoms with Gasteiger partial charge in [0.15, 0.2) is 11.5 Å². The Kier molecular flexibility index (Phi) is 10.8.